The Morgan fingerprint density at radius 2 is 1.26 bits per heavy atom. The van der Waals surface area contributed by atoms with E-state index in [2.05, 4.69) is 78.3 Å². The summed E-state index contributed by atoms with van der Waals surface area (Å²) in [5, 5.41) is 9.39. The molecule has 1 aliphatic heterocycles. The van der Waals surface area contributed by atoms with Gasteiger partial charge in [0.1, 0.15) is 13.2 Å². The molecule has 6 unspecified atom stereocenters. The maximum Gasteiger partial charge on any atom is 0.331 e. The second-order valence-electron chi connectivity index (χ2n) is 20.9. The lowest BCUT2D eigenvalue weighted by molar-refractivity contribution is -0.135. The number of esters is 1. The number of hydrogen-bond acceptors (Lipinski definition) is 4. The van der Waals surface area contributed by atoms with Gasteiger partial charge in [-0.2, -0.15) is 0 Å². The van der Waals surface area contributed by atoms with Gasteiger partial charge < -0.3 is 9.84 Å². The molecule has 9 aliphatic rings. The van der Waals surface area contributed by atoms with Crippen molar-refractivity contribution in [3.05, 3.63) is 59.6 Å². The van der Waals surface area contributed by atoms with Crippen molar-refractivity contribution in [2.75, 3.05) is 13.2 Å². The number of Topliss-reactive ketones (excluding diaryl/α,β-unsaturated/α-hetero) is 1. The highest BCUT2D eigenvalue weighted by atomic mass is 16.5. The number of carbonyl (C=O) groups is 2. The molecule has 0 saturated heterocycles. The highest BCUT2D eigenvalue weighted by Crippen LogP contribution is 2.68. The van der Waals surface area contributed by atoms with Crippen LogP contribution in [0.3, 0.4) is 0 Å². The summed E-state index contributed by atoms with van der Waals surface area (Å²) in [6.07, 6.45) is 27.9. The SMILES string of the molecule is C=C=C=C.C[C@H]1CC[C@@]2(C)C(=CCC3C2CC[C@@]2(C)C3CC[C@@H]2C(=O)CO)C1.C[C@H]1CC[C@@]2(C)C(=CCC3C2CC[C@@]2(C)C3CC[C@@H]2C2=CC(=O)OC2)C1. The largest absolute Gasteiger partial charge is 0.458 e. The molecule has 0 aromatic carbocycles. The minimum absolute atomic E-state index is 0.100. The summed E-state index contributed by atoms with van der Waals surface area (Å²) in [4.78, 5) is 23.9. The van der Waals surface area contributed by atoms with Crippen molar-refractivity contribution < 1.29 is 19.4 Å². The van der Waals surface area contributed by atoms with Crippen molar-refractivity contribution in [2.24, 2.45) is 80.8 Å². The zero-order chi connectivity index (χ0) is 38.6. The number of ketones is 1. The van der Waals surface area contributed by atoms with Gasteiger partial charge in [0, 0.05) is 12.0 Å². The maximum atomic E-state index is 12.3. The van der Waals surface area contributed by atoms with E-state index in [4.69, 9.17) is 4.74 Å². The van der Waals surface area contributed by atoms with Gasteiger partial charge in [0.25, 0.3) is 0 Å². The van der Waals surface area contributed by atoms with Gasteiger partial charge in [-0.15, -0.1) is 0 Å². The van der Waals surface area contributed by atoms with Crippen LogP contribution in [0.15, 0.2) is 59.6 Å². The Kier molecular flexibility index (Phi) is 11.2. The molecule has 1 N–H and O–H groups in total. The fourth-order valence-electron chi connectivity index (χ4n) is 15.5. The minimum Gasteiger partial charge on any atom is -0.458 e. The molecule has 6 fully saturated rings. The van der Waals surface area contributed by atoms with Crippen molar-refractivity contribution in [2.45, 2.75) is 144 Å². The van der Waals surface area contributed by atoms with Crippen LogP contribution >= 0.6 is 0 Å². The fourth-order valence-corrected chi connectivity index (χ4v) is 15.5. The number of allylic oxidation sites excluding steroid dienone is 4. The highest BCUT2D eigenvalue weighted by molar-refractivity contribution is 5.85. The van der Waals surface area contributed by atoms with Gasteiger partial charge in [0.2, 0.25) is 0 Å². The lowest BCUT2D eigenvalue weighted by Crippen LogP contribution is -2.50. The number of rotatable bonds is 3. The molecule has 4 nitrogen and oxygen atoms in total. The Balaban J connectivity index is 0.000000152. The molecule has 0 aromatic heterocycles. The summed E-state index contributed by atoms with van der Waals surface area (Å²) in [5.74, 6) is 7.26. The molecule has 0 aromatic rings. The van der Waals surface area contributed by atoms with Gasteiger partial charge >= 0.3 is 5.97 Å². The Hall–Kier alpha value is -2.38. The van der Waals surface area contributed by atoms with Crippen molar-refractivity contribution in [1.29, 1.82) is 0 Å². The van der Waals surface area contributed by atoms with Crippen molar-refractivity contribution >= 4 is 11.8 Å². The van der Waals surface area contributed by atoms with Crippen LogP contribution in [0, 0.1) is 80.8 Å². The average molecular weight is 737 g/mol. The molecule has 0 bridgehead atoms. The first-order valence-electron chi connectivity index (χ1n) is 22.2. The van der Waals surface area contributed by atoms with Crippen LogP contribution in [-0.2, 0) is 14.3 Å². The van der Waals surface area contributed by atoms with Crippen LogP contribution in [-0.4, -0.2) is 30.1 Å². The molecule has 6 saturated carbocycles. The number of ether oxygens (including phenoxy) is 1. The standard InChI is InChI=1S/C24H34O2.C22H34O2.C4H4/c1-15-8-10-23(2)17(12-15)4-5-18-20-7-6-19(16-13-22(25)26-14-16)24(20,3)11-9-21(18)23;1-14-8-10-21(2)15(12-14)4-5-16-17-6-7-19(20(24)13-23)22(17,3)11-9-18(16)21;1-3-4-2/h4,13,15,18-21H,5-12,14H2,1-3H3;4,14,16-19,23H,5-13H2,1-3H3;1-2H2/t15-,18?,19+,20?,21?,23-,24+;14-,16?,17?,18?,19+,21-,22-;/m00./s1. The van der Waals surface area contributed by atoms with E-state index in [1.54, 1.807) is 11.1 Å². The summed E-state index contributed by atoms with van der Waals surface area (Å²) >= 11 is 0. The predicted octanol–water partition coefficient (Wildman–Crippen LogP) is 11.6. The third-order valence-electron chi connectivity index (χ3n) is 18.5. The molecule has 0 radical (unpaired) electrons. The van der Waals surface area contributed by atoms with Crippen LogP contribution in [0.1, 0.15) is 144 Å². The van der Waals surface area contributed by atoms with E-state index in [0.29, 0.717) is 34.7 Å². The van der Waals surface area contributed by atoms with Crippen molar-refractivity contribution in [1.82, 2.24) is 0 Å². The molecular formula is C50H72O4. The van der Waals surface area contributed by atoms with E-state index in [-0.39, 0.29) is 29.7 Å². The van der Waals surface area contributed by atoms with Gasteiger partial charge in [0.05, 0.1) is 0 Å². The molecule has 296 valence electrons. The molecule has 54 heavy (non-hydrogen) atoms. The molecule has 4 heteroatoms. The first-order valence-corrected chi connectivity index (χ1v) is 22.2. The zero-order valence-corrected chi connectivity index (χ0v) is 34.8. The smallest absolute Gasteiger partial charge is 0.331 e. The number of cyclic esters (lactones) is 1. The molecule has 0 spiro atoms. The summed E-state index contributed by atoms with van der Waals surface area (Å²) in [6, 6.07) is 0. The maximum absolute atomic E-state index is 12.3. The van der Waals surface area contributed by atoms with Crippen molar-refractivity contribution in [3.8, 4) is 0 Å². The highest BCUT2D eigenvalue weighted by Gasteiger charge is 2.61. The van der Waals surface area contributed by atoms with Crippen LogP contribution in [0.5, 0.6) is 0 Å². The Morgan fingerprint density at radius 1 is 0.741 bits per heavy atom. The summed E-state index contributed by atoms with van der Waals surface area (Å²) in [5.41, 5.74) is 10.9. The molecule has 0 amide bonds. The van der Waals surface area contributed by atoms with E-state index >= 15 is 0 Å². The fraction of sp³-hybridized carbons (Fsp3) is 0.760. The van der Waals surface area contributed by atoms with Crippen LogP contribution in [0.2, 0.25) is 0 Å². The van der Waals surface area contributed by atoms with Gasteiger partial charge in [-0.3, -0.25) is 4.79 Å². The lowest BCUT2D eigenvalue weighted by atomic mass is 9.47. The van der Waals surface area contributed by atoms with Crippen LogP contribution in [0.4, 0.5) is 0 Å². The second kappa shape index (κ2) is 15.2. The number of fused-ring (bicyclic) bond motifs is 10. The third kappa shape index (κ3) is 6.57. The summed E-state index contributed by atoms with van der Waals surface area (Å²) in [7, 11) is 0. The van der Waals surface area contributed by atoms with Gasteiger partial charge in [-0.1, -0.05) is 76.3 Å². The number of hydrogen-bond donors (Lipinski definition) is 1. The van der Waals surface area contributed by atoms with Crippen molar-refractivity contribution in [3.63, 3.8) is 0 Å². The average Bonchev–Trinajstić information content (AvgIpc) is 3.86. The topological polar surface area (TPSA) is 63.6 Å². The lowest BCUT2D eigenvalue weighted by Gasteiger charge is -2.58. The van der Waals surface area contributed by atoms with Crippen LogP contribution in [0.25, 0.3) is 0 Å². The third-order valence-corrected chi connectivity index (χ3v) is 18.5. The number of aliphatic hydroxyl groups excluding tert-OH is 1. The quantitative estimate of drug-likeness (QED) is 0.178. The molecule has 14 atom stereocenters. The van der Waals surface area contributed by atoms with E-state index in [1.165, 1.54) is 102 Å². The van der Waals surface area contributed by atoms with E-state index in [9.17, 15) is 14.7 Å². The summed E-state index contributed by atoms with van der Waals surface area (Å²) in [6.45, 7) is 21.6. The normalized spacial score (nSPS) is 46.9. The van der Waals surface area contributed by atoms with E-state index in [0.717, 1.165) is 47.8 Å². The van der Waals surface area contributed by atoms with E-state index in [1.807, 2.05) is 6.08 Å². The predicted molar refractivity (Wildman–Crippen MR) is 218 cm³/mol. The zero-order valence-electron chi connectivity index (χ0n) is 34.8. The van der Waals surface area contributed by atoms with Gasteiger partial charge in [0.15, 0.2) is 5.78 Å². The molecular weight excluding hydrogens is 665 g/mol. The molecule has 9 rings (SSSR count). The summed E-state index contributed by atoms with van der Waals surface area (Å²) < 4.78 is 5.26. The monoisotopic (exact) mass is 737 g/mol. The Labute approximate surface area is 328 Å². The van der Waals surface area contributed by atoms with Gasteiger partial charge in [-0.25, -0.2) is 4.79 Å². The number of aliphatic hydroxyl groups is 1. The molecule has 8 aliphatic carbocycles. The second-order valence-corrected chi connectivity index (χ2v) is 20.9. The first kappa shape index (κ1) is 39.8. The molecule has 1 heterocycles. The Bertz CT molecular complexity index is 1630. The Morgan fingerprint density at radius 3 is 1.76 bits per heavy atom. The first-order chi connectivity index (χ1) is 25.7. The van der Waals surface area contributed by atoms with E-state index < -0.39 is 0 Å². The van der Waals surface area contributed by atoms with Gasteiger partial charge in [-0.05, 0) is 196 Å². The minimum atomic E-state index is -0.263. The van der Waals surface area contributed by atoms with Crippen LogP contribution < -0.4 is 0 Å². The number of carbonyl (C=O) groups excluding carboxylic acids is 2.